The van der Waals surface area contributed by atoms with Crippen LogP contribution in [0, 0.1) is 29.6 Å². The summed E-state index contributed by atoms with van der Waals surface area (Å²) in [5.74, 6) is -0.478. The fourth-order valence-corrected chi connectivity index (χ4v) is 9.93. The molecule has 9 heteroatoms. The number of carbonyl (C=O) groups is 2. The van der Waals surface area contributed by atoms with Crippen LogP contribution in [0.5, 0.6) is 5.75 Å². The molecule has 2 saturated carbocycles. The number of benzene rings is 2. The lowest BCUT2D eigenvalue weighted by Crippen LogP contribution is -2.42. The van der Waals surface area contributed by atoms with Gasteiger partial charge in [-0.05, 0) is 66.1 Å². The summed E-state index contributed by atoms with van der Waals surface area (Å²) >= 11 is 8.92. The number of hydrogen-bond donors (Lipinski definition) is 2. The van der Waals surface area contributed by atoms with Gasteiger partial charge in [-0.1, -0.05) is 35.1 Å². The summed E-state index contributed by atoms with van der Waals surface area (Å²) in [5, 5.41) is 11.4. The summed E-state index contributed by atoms with van der Waals surface area (Å²) in [6.07, 6.45) is 0.845. The lowest BCUT2D eigenvalue weighted by Gasteiger charge is -2.43. The van der Waals surface area contributed by atoms with E-state index in [1.165, 1.54) is 16.2 Å². The highest BCUT2D eigenvalue weighted by Gasteiger charge is 2.69. The Morgan fingerprint density at radius 2 is 1.62 bits per heavy atom. The molecule has 1 saturated heterocycles. The van der Waals surface area contributed by atoms with Gasteiger partial charge in [0.25, 0.3) is 0 Å². The maximum Gasteiger partial charge on any atom is 0.305 e. The molecule has 2 aromatic carbocycles. The molecule has 2 N–H and O–H groups in total. The Bertz CT molecular complexity index is 1400. The molecule has 172 valence electrons. The molecule has 2 aliphatic heterocycles. The van der Waals surface area contributed by atoms with E-state index < -0.39 is 0 Å². The standard InChI is InChI=1S/C25H19ClN2O4S2/c26-11-3-5-12(6-4-11)28-23(30)18-14-9-15(19(18)24(28)31)20-17(14)16(10-1-7-13(29)8-2-10)21-22(33-20)27-25(32)34-21/h1-8,14-20,29H,9H2,(H,27,32)/t14-,15+,16-,17-,18+,19+,20-/m0/s1. The smallest absolute Gasteiger partial charge is 0.305 e. The molecule has 2 bridgehead atoms. The zero-order valence-corrected chi connectivity index (χ0v) is 20.1. The highest BCUT2D eigenvalue weighted by atomic mass is 35.5. The Labute approximate surface area is 207 Å². The monoisotopic (exact) mass is 510 g/mol. The number of thiazole rings is 1. The van der Waals surface area contributed by atoms with Crippen LogP contribution in [0.4, 0.5) is 5.69 Å². The molecule has 0 unspecified atom stereocenters. The van der Waals surface area contributed by atoms with Gasteiger partial charge in [-0.25, -0.2) is 0 Å². The van der Waals surface area contributed by atoms with Crippen LogP contribution in [-0.4, -0.2) is 27.2 Å². The second kappa shape index (κ2) is 7.23. The van der Waals surface area contributed by atoms with E-state index in [1.54, 1.807) is 48.2 Å². The van der Waals surface area contributed by atoms with Gasteiger partial charge >= 0.3 is 4.87 Å². The number of nitrogens with one attached hydrogen (secondary N) is 1. The zero-order chi connectivity index (χ0) is 23.3. The second-order valence-corrected chi connectivity index (χ2v) is 12.2. The van der Waals surface area contributed by atoms with Gasteiger partial charge in [0.2, 0.25) is 11.8 Å². The van der Waals surface area contributed by atoms with Crippen molar-refractivity contribution < 1.29 is 14.7 Å². The van der Waals surface area contributed by atoms with Gasteiger partial charge in [-0.2, -0.15) is 0 Å². The van der Waals surface area contributed by atoms with Crippen molar-refractivity contribution in [3.05, 3.63) is 73.7 Å². The number of nitrogens with zero attached hydrogens (tertiary/aromatic N) is 1. The van der Waals surface area contributed by atoms with Gasteiger partial charge in [-0.3, -0.25) is 19.3 Å². The molecule has 4 aliphatic rings. The Morgan fingerprint density at radius 3 is 2.32 bits per heavy atom. The van der Waals surface area contributed by atoms with E-state index in [9.17, 15) is 19.5 Å². The fourth-order valence-electron chi connectivity index (χ4n) is 6.92. The van der Waals surface area contributed by atoms with Gasteiger partial charge in [0.05, 0.1) is 22.5 Å². The SMILES string of the molecule is O=C1[C@@H]2[C@H]3C[C@@H]([C@@H]4Sc5[nH]c(=O)sc5[C@@H](c5ccc(O)cc5)[C@H]34)[C@H]2C(=O)N1c1ccc(Cl)cc1. The first-order chi connectivity index (χ1) is 16.4. The van der Waals surface area contributed by atoms with Crippen LogP contribution in [0.25, 0.3) is 0 Å². The molecule has 7 rings (SSSR count). The van der Waals surface area contributed by atoms with Crippen molar-refractivity contribution in [3.63, 3.8) is 0 Å². The minimum atomic E-state index is -0.341. The van der Waals surface area contributed by atoms with Gasteiger partial charge in [-0.15, -0.1) is 11.8 Å². The van der Waals surface area contributed by atoms with Crippen molar-refractivity contribution in [2.75, 3.05) is 4.90 Å². The first-order valence-corrected chi connectivity index (χ1v) is 13.3. The summed E-state index contributed by atoms with van der Waals surface area (Å²) in [6, 6.07) is 14.0. The minimum Gasteiger partial charge on any atom is -0.508 e. The average molecular weight is 511 g/mol. The summed E-state index contributed by atoms with van der Waals surface area (Å²) in [6.45, 7) is 0. The molecule has 34 heavy (non-hydrogen) atoms. The van der Waals surface area contributed by atoms with E-state index in [1.807, 2.05) is 12.1 Å². The molecule has 3 heterocycles. The topological polar surface area (TPSA) is 90.5 Å². The number of aromatic amines is 1. The number of amides is 2. The maximum absolute atomic E-state index is 13.7. The molecule has 7 atom stereocenters. The predicted octanol–water partition coefficient (Wildman–Crippen LogP) is 4.47. The largest absolute Gasteiger partial charge is 0.508 e. The quantitative estimate of drug-likeness (QED) is 0.496. The van der Waals surface area contributed by atoms with Crippen LogP contribution in [0.15, 0.2) is 58.4 Å². The van der Waals surface area contributed by atoms with E-state index >= 15 is 0 Å². The molecule has 6 nitrogen and oxygen atoms in total. The molecular weight excluding hydrogens is 492 g/mol. The van der Waals surface area contributed by atoms with Gasteiger partial charge in [0.1, 0.15) is 5.75 Å². The number of phenolic OH excluding ortho intramolecular Hbond substituents is 1. The number of rotatable bonds is 2. The summed E-state index contributed by atoms with van der Waals surface area (Å²) in [5.41, 5.74) is 1.60. The fraction of sp³-hybridized carbons (Fsp3) is 0.320. The number of anilines is 1. The molecule has 2 amide bonds. The van der Waals surface area contributed by atoms with Crippen molar-refractivity contribution in [1.82, 2.24) is 4.98 Å². The zero-order valence-electron chi connectivity index (χ0n) is 17.7. The van der Waals surface area contributed by atoms with E-state index in [2.05, 4.69) is 4.98 Å². The number of fused-ring (bicyclic) bond motifs is 9. The van der Waals surface area contributed by atoms with Crippen LogP contribution < -0.4 is 9.77 Å². The minimum absolute atomic E-state index is 0.0470. The summed E-state index contributed by atoms with van der Waals surface area (Å²) < 4.78 is 0. The first kappa shape index (κ1) is 20.8. The highest BCUT2D eigenvalue weighted by Crippen LogP contribution is 2.68. The van der Waals surface area contributed by atoms with Crippen LogP contribution in [0.1, 0.15) is 22.8 Å². The number of H-pyrrole nitrogens is 1. The van der Waals surface area contributed by atoms with E-state index in [0.29, 0.717) is 10.7 Å². The van der Waals surface area contributed by atoms with Crippen molar-refractivity contribution in [2.24, 2.45) is 29.6 Å². The Hall–Kier alpha value is -2.55. The number of hydrogen-bond acceptors (Lipinski definition) is 6. The van der Waals surface area contributed by atoms with Crippen molar-refractivity contribution in [2.45, 2.75) is 22.6 Å². The van der Waals surface area contributed by atoms with Gasteiger partial charge in [0, 0.05) is 21.1 Å². The van der Waals surface area contributed by atoms with Crippen LogP contribution in [0.2, 0.25) is 5.02 Å². The Morgan fingerprint density at radius 1 is 0.941 bits per heavy atom. The van der Waals surface area contributed by atoms with Crippen molar-refractivity contribution >= 4 is 52.2 Å². The third-order valence-electron chi connectivity index (χ3n) is 8.06. The molecular formula is C25H19ClN2O4S2. The van der Waals surface area contributed by atoms with Gasteiger partial charge < -0.3 is 10.1 Å². The molecule has 3 fully saturated rings. The van der Waals surface area contributed by atoms with Crippen molar-refractivity contribution in [1.29, 1.82) is 0 Å². The summed E-state index contributed by atoms with van der Waals surface area (Å²) in [4.78, 5) is 44.8. The molecule has 0 spiro atoms. The van der Waals surface area contributed by atoms with Gasteiger partial charge in [0.15, 0.2) is 0 Å². The number of aromatic hydroxyl groups is 1. The number of halogens is 1. The third kappa shape index (κ3) is 2.73. The maximum atomic E-state index is 13.7. The molecule has 3 aromatic rings. The number of imide groups is 1. The van der Waals surface area contributed by atoms with Crippen LogP contribution in [0.3, 0.4) is 0 Å². The number of carbonyl (C=O) groups excluding carboxylic acids is 2. The molecule has 0 radical (unpaired) electrons. The lowest BCUT2D eigenvalue weighted by atomic mass is 9.68. The van der Waals surface area contributed by atoms with E-state index in [0.717, 1.165) is 21.9 Å². The number of aromatic nitrogens is 1. The number of thioether (sulfide) groups is 1. The first-order valence-electron chi connectivity index (χ1n) is 11.2. The average Bonchev–Trinajstić information content (AvgIpc) is 3.54. The lowest BCUT2D eigenvalue weighted by molar-refractivity contribution is -0.123. The van der Waals surface area contributed by atoms with E-state index in [-0.39, 0.29) is 63.2 Å². The summed E-state index contributed by atoms with van der Waals surface area (Å²) in [7, 11) is 0. The number of phenols is 1. The Kier molecular flexibility index (Phi) is 4.42. The predicted molar refractivity (Wildman–Crippen MR) is 131 cm³/mol. The van der Waals surface area contributed by atoms with Crippen LogP contribution in [-0.2, 0) is 9.59 Å². The Balaban J connectivity index is 1.32. The van der Waals surface area contributed by atoms with E-state index in [4.69, 9.17) is 11.6 Å². The third-order valence-corrected chi connectivity index (χ3v) is 10.9. The normalized spacial score (nSPS) is 33.2. The van der Waals surface area contributed by atoms with Crippen molar-refractivity contribution in [3.8, 4) is 5.75 Å². The van der Waals surface area contributed by atoms with Crippen LogP contribution >= 0.6 is 34.7 Å². The molecule has 2 aliphatic carbocycles. The second-order valence-electron chi connectivity index (χ2n) is 9.54. The highest BCUT2D eigenvalue weighted by molar-refractivity contribution is 8.00. The molecule has 1 aromatic heterocycles.